The molecule has 0 aliphatic carbocycles. The molecular formula is C27H23Cl2NO3. The Labute approximate surface area is 203 Å². The Hall–Kier alpha value is -2.95. The maximum absolute atomic E-state index is 13.2. The first-order valence-electron chi connectivity index (χ1n) is 10.9. The number of fused-ring (bicyclic) bond motifs is 1. The number of halogens is 2. The molecule has 1 saturated heterocycles. The fourth-order valence-corrected chi connectivity index (χ4v) is 4.99. The number of rotatable bonds is 3. The van der Waals surface area contributed by atoms with Crippen molar-refractivity contribution in [2.75, 3.05) is 20.2 Å². The van der Waals surface area contributed by atoms with Gasteiger partial charge in [0.15, 0.2) is 5.75 Å². The highest BCUT2D eigenvalue weighted by molar-refractivity contribution is 6.37. The molecule has 0 bridgehead atoms. The van der Waals surface area contributed by atoms with Crippen LogP contribution in [0.5, 0.6) is 11.5 Å². The number of methoxy groups -OCH3 is 1. The third-order valence-electron chi connectivity index (χ3n) is 6.37. The van der Waals surface area contributed by atoms with E-state index in [0.717, 1.165) is 16.9 Å². The standard InChI is InChI=1S/C27H23Cl2NO3/c1-32-25-22(29)9-8-21(28)24(25)26(31)30-15-13-27(14-16-30)12-11-20-17-19(7-10-23(20)33-27)18-5-3-2-4-6-18/h2-12,17H,13-16H2,1H3. The number of hydrogen-bond donors (Lipinski definition) is 0. The first kappa shape index (κ1) is 21.9. The number of piperidine rings is 1. The predicted molar refractivity (Wildman–Crippen MR) is 132 cm³/mol. The van der Waals surface area contributed by atoms with Gasteiger partial charge in [-0.05, 0) is 41.5 Å². The average molecular weight is 480 g/mol. The van der Waals surface area contributed by atoms with E-state index in [2.05, 4.69) is 36.4 Å². The molecule has 3 aromatic rings. The maximum Gasteiger partial charge on any atom is 0.259 e. The van der Waals surface area contributed by atoms with E-state index in [9.17, 15) is 4.79 Å². The van der Waals surface area contributed by atoms with Gasteiger partial charge in [-0.25, -0.2) is 0 Å². The summed E-state index contributed by atoms with van der Waals surface area (Å²) in [5, 5.41) is 0.697. The quantitative estimate of drug-likeness (QED) is 0.416. The van der Waals surface area contributed by atoms with Crippen LogP contribution in [0.15, 0.2) is 66.7 Å². The lowest BCUT2D eigenvalue weighted by atomic mass is 9.87. The number of carbonyl (C=O) groups is 1. The van der Waals surface area contributed by atoms with Gasteiger partial charge in [-0.3, -0.25) is 4.79 Å². The molecule has 0 radical (unpaired) electrons. The van der Waals surface area contributed by atoms with Gasteiger partial charge >= 0.3 is 0 Å². The molecule has 4 nitrogen and oxygen atoms in total. The summed E-state index contributed by atoms with van der Waals surface area (Å²) in [5.41, 5.74) is 3.29. The van der Waals surface area contributed by atoms with Crippen LogP contribution in [-0.4, -0.2) is 36.6 Å². The Morgan fingerprint density at radius 1 is 0.970 bits per heavy atom. The molecule has 2 aliphatic heterocycles. The molecule has 6 heteroatoms. The van der Waals surface area contributed by atoms with E-state index in [1.807, 2.05) is 24.3 Å². The molecule has 33 heavy (non-hydrogen) atoms. The zero-order valence-electron chi connectivity index (χ0n) is 18.2. The second-order valence-electron chi connectivity index (χ2n) is 8.35. The van der Waals surface area contributed by atoms with Gasteiger partial charge in [0.05, 0.1) is 17.2 Å². The van der Waals surface area contributed by atoms with Crippen LogP contribution in [0, 0.1) is 0 Å². The summed E-state index contributed by atoms with van der Waals surface area (Å²) in [4.78, 5) is 15.0. The van der Waals surface area contributed by atoms with Crippen LogP contribution in [0.2, 0.25) is 10.0 Å². The summed E-state index contributed by atoms with van der Waals surface area (Å²) in [6.45, 7) is 1.10. The van der Waals surface area contributed by atoms with Crippen molar-refractivity contribution in [2.45, 2.75) is 18.4 Å². The fraction of sp³-hybridized carbons (Fsp3) is 0.222. The van der Waals surface area contributed by atoms with Crippen LogP contribution in [0.3, 0.4) is 0 Å². The van der Waals surface area contributed by atoms with Crippen molar-refractivity contribution in [1.29, 1.82) is 0 Å². The molecule has 1 spiro atoms. The third kappa shape index (κ3) is 4.09. The summed E-state index contributed by atoms with van der Waals surface area (Å²) in [5.74, 6) is 1.00. The molecule has 2 aliphatic rings. The van der Waals surface area contributed by atoms with Crippen molar-refractivity contribution in [2.24, 2.45) is 0 Å². The van der Waals surface area contributed by atoms with Crippen molar-refractivity contribution in [1.82, 2.24) is 4.90 Å². The molecule has 0 saturated carbocycles. The molecule has 1 amide bonds. The minimum atomic E-state index is -0.416. The number of ether oxygens (including phenoxy) is 2. The number of hydrogen-bond acceptors (Lipinski definition) is 3. The maximum atomic E-state index is 13.2. The normalized spacial score (nSPS) is 16.3. The second kappa shape index (κ2) is 8.77. The Bertz CT molecular complexity index is 1230. The lowest BCUT2D eigenvalue weighted by molar-refractivity contribution is 0.0328. The molecule has 0 N–H and O–H groups in total. The van der Waals surface area contributed by atoms with Crippen molar-refractivity contribution in [3.63, 3.8) is 0 Å². The van der Waals surface area contributed by atoms with Crippen LogP contribution in [0.4, 0.5) is 0 Å². The Kier molecular flexibility index (Phi) is 5.81. The predicted octanol–water partition coefficient (Wildman–Crippen LogP) is 6.75. The largest absolute Gasteiger partial charge is 0.494 e. The Morgan fingerprint density at radius 2 is 1.70 bits per heavy atom. The molecule has 0 atom stereocenters. The summed E-state index contributed by atoms with van der Waals surface area (Å²) in [6, 6.07) is 19.8. The van der Waals surface area contributed by atoms with Crippen molar-refractivity contribution >= 4 is 35.2 Å². The monoisotopic (exact) mass is 479 g/mol. The van der Waals surface area contributed by atoms with E-state index in [0.29, 0.717) is 47.3 Å². The smallest absolute Gasteiger partial charge is 0.259 e. The number of nitrogens with zero attached hydrogens (tertiary/aromatic N) is 1. The minimum Gasteiger partial charge on any atom is -0.494 e. The van der Waals surface area contributed by atoms with Gasteiger partial charge in [0.2, 0.25) is 0 Å². The summed E-state index contributed by atoms with van der Waals surface area (Å²) >= 11 is 12.5. The number of likely N-dealkylation sites (tertiary alicyclic amines) is 1. The van der Waals surface area contributed by atoms with Crippen LogP contribution in [0.25, 0.3) is 17.2 Å². The van der Waals surface area contributed by atoms with Crippen molar-refractivity contribution < 1.29 is 14.3 Å². The minimum absolute atomic E-state index is 0.179. The van der Waals surface area contributed by atoms with E-state index in [4.69, 9.17) is 32.7 Å². The zero-order valence-corrected chi connectivity index (χ0v) is 19.7. The molecule has 3 aromatic carbocycles. The molecule has 0 unspecified atom stereocenters. The molecule has 2 heterocycles. The summed E-state index contributed by atoms with van der Waals surface area (Å²) in [6.07, 6.45) is 5.66. The van der Waals surface area contributed by atoms with Crippen LogP contribution in [0.1, 0.15) is 28.8 Å². The first-order valence-corrected chi connectivity index (χ1v) is 11.6. The molecule has 5 rings (SSSR count). The number of carbonyl (C=O) groups excluding carboxylic acids is 1. The molecular weight excluding hydrogens is 457 g/mol. The topological polar surface area (TPSA) is 38.8 Å². The van der Waals surface area contributed by atoms with E-state index < -0.39 is 5.60 Å². The van der Waals surface area contributed by atoms with Gasteiger partial charge < -0.3 is 14.4 Å². The van der Waals surface area contributed by atoms with E-state index in [-0.39, 0.29) is 5.91 Å². The summed E-state index contributed by atoms with van der Waals surface area (Å²) < 4.78 is 11.8. The van der Waals surface area contributed by atoms with Crippen LogP contribution < -0.4 is 9.47 Å². The first-order chi connectivity index (χ1) is 16.0. The van der Waals surface area contributed by atoms with Gasteiger partial charge in [0.1, 0.15) is 16.9 Å². The van der Waals surface area contributed by atoms with E-state index in [1.165, 1.54) is 12.7 Å². The van der Waals surface area contributed by atoms with Crippen LogP contribution in [-0.2, 0) is 0 Å². The zero-order chi connectivity index (χ0) is 23.0. The Balaban J connectivity index is 1.32. The SMILES string of the molecule is COc1c(Cl)ccc(Cl)c1C(=O)N1CCC2(C=Cc3cc(-c4ccccc4)ccc3O2)CC1. The number of benzene rings is 3. The Morgan fingerprint density at radius 3 is 2.42 bits per heavy atom. The summed E-state index contributed by atoms with van der Waals surface area (Å²) in [7, 11) is 1.49. The highest BCUT2D eigenvalue weighted by atomic mass is 35.5. The van der Waals surface area contributed by atoms with E-state index >= 15 is 0 Å². The lowest BCUT2D eigenvalue weighted by Crippen LogP contribution is -2.49. The van der Waals surface area contributed by atoms with Gasteiger partial charge in [-0.15, -0.1) is 0 Å². The highest BCUT2D eigenvalue weighted by Gasteiger charge is 2.39. The third-order valence-corrected chi connectivity index (χ3v) is 6.98. The second-order valence-corrected chi connectivity index (χ2v) is 9.16. The highest BCUT2D eigenvalue weighted by Crippen LogP contribution is 2.40. The van der Waals surface area contributed by atoms with Crippen molar-refractivity contribution in [3.05, 3.63) is 87.9 Å². The van der Waals surface area contributed by atoms with E-state index in [1.54, 1.807) is 17.0 Å². The van der Waals surface area contributed by atoms with Gasteiger partial charge in [-0.2, -0.15) is 0 Å². The fourth-order valence-electron chi connectivity index (χ4n) is 4.52. The molecule has 0 aromatic heterocycles. The van der Waals surface area contributed by atoms with Crippen LogP contribution >= 0.6 is 23.2 Å². The van der Waals surface area contributed by atoms with Gasteiger partial charge in [-0.1, -0.05) is 65.7 Å². The average Bonchev–Trinajstić information content (AvgIpc) is 2.85. The van der Waals surface area contributed by atoms with Gasteiger partial charge in [0, 0.05) is 31.5 Å². The number of amides is 1. The van der Waals surface area contributed by atoms with Gasteiger partial charge in [0.25, 0.3) is 5.91 Å². The molecule has 168 valence electrons. The lowest BCUT2D eigenvalue weighted by Gasteiger charge is -2.42. The molecule has 1 fully saturated rings. The van der Waals surface area contributed by atoms with Crippen molar-refractivity contribution in [3.8, 4) is 22.6 Å².